The molecular formula is C28H41N3O3. The predicted molar refractivity (Wildman–Crippen MR) is 136 cm³/mol. The number of nitrogens with zero attached hydrogens (tertiary/aromatic N) is 2. The Kier molecular flexibility index (Phi) is 5.96. The first-order chi connectivity index (χ1) is 16.2. The van der Waals surface area contributed by atoms with Crippen molar-refractivity contribution >= 4 is 16.8 Å². The molecule has 186 valence electrons. The van der Waals surface area contributed by atoms with E-state index in [4.69, 9.17) is 9.47 Å². The number of carbonyl (C=O) groups is 1. The van der Waals surface area contributed by atoms with Gasteiger partial charge in [-0.15, -0.1) is 0 Å². The van der Waals surface area contributed by atoms with Crippen molar-refractivity contribution in [1.29, 1.82) is 0 Å². The number of ether oxygens (including phenoxy) is 2. The molecule has 1 N–H and O–H groups in total. The van der Waals surface area contributed by atoms with E-state index in [1.54, 1.807) is 7.11 Å². The van der Waals surface area contributed by atoms with Crippen molar-refractivity contribution in [2.75, 3.05) is 40.0 Å². The minimum Gasteiger partial charge on any atom is -0.495 e. The van der Waals surface area contributed by atoms with Gasteiger partial charge in [0, 0.05) is 43.3 Å². The summed E-state index contributed by atoms with van der Waals surface area (Å²) in [5.74, 6) is 1.60. The third-order valence-electron chi connectivity index (χ3n) is 9.26. The van der Waals surface area contributed by atoms with Crippen LogP contribution in [0.25, 0.3) is 10.9 Å². The molecule has 2 heterocycles. The summed E-state index contributed by atoms with van der Waals surface area (Å²) in [6, 6.07) is 4.43. The van der Waals surface area contributed by atoms with E-state index in [2.05, 4.69) is 61.5 Å². The molecule has 2 aromatic rings. The van der Waals surface area contributed by atoms with Crippen LogP contribution in [-0.2, 0) is 11.3 Å². The first-order valence-corrected chi connectivity index (χ1v) is 12.9. The molecule has 3 atom stereocenters. The Balaban J connectivity index is 1.52. The Hall–Kier alpha value is -2.05. The van der Waals surface area contributed by atoms with Crippen molar-refractivity contribution in [2.24, 2.45) is 16.7 Å². The quantitative estimate of drug-likeness (QED) is 0.678. The molecule has 2 unspecified atom stereocenters. The molecule has 1 aromatic carbocycles. The van der Waals surface area contributed by atoms with Gasteiger partial charge in [0.05, 0.1) is 31.4 Å². The van der Waals surface area contributed by atoms with Gasteiger partial charge in [-0.05, 0) is 67.6 Å². The van der Waals surface area contributed by atoms with Gasteiger partial charge >= 0.3 is 0 Å². The van der Waals surface area contributed by atoms with Crippen LogP contribution in [0.4, 0.5) is 0 Å². The Labute approximate surface area is 204 Å². The fraction of sp³-hybridized carbons (Fsp3) is 0.679. The number of carbonyl (C=O) groups excluding carboxylic acids is 1. The Morgan fingerprint density at radius 3 is 2.56 bits per heavy atom. The molecule has 2 aliphatic carbocycles. The zero-order valence-electron chi connectivity index (χ0n) is 21.8. The fourth-order valence-electron chi connectivity index (χ4n) is 7.37. The molecule has 5 rings (SSSR count). The Bertz CT molecular complexity index is 1090. The highest BCUT2D eigenvalue weighted by molar-refractivity contribution is 6.10. The maximum Gasteiger partial charge on any atom is 0.253 e. The SMILES string of the molecule is COc1cc(C)cc2c(C(=O)NC3C4(C)CC[C@@H](C4)C3(C)C)c(C)n(CCN3CCOCC3)c12. The number of aryl methyl sites for hydroxylation is 1. The number of amides is 1. The van der Waals surface area contributed by atoms with Crippen LogP contribution in [0.1, 0.15) is 61.6 Å². The predicted octanol–water partition coefficient (Wildman–Crippen LogP) is 4.54. The number of morpholine rings is 1. The summed E-state index contributed by atoms with van der Waals surface area (Å²) in [5.41, 5.74) is 4.29. The van der Waals surface area contributed by atoms with E-state index in [-0.39, 0.29) is 22.8 Å². The highest BCUT2D eigenvalue weighted by atomic mass is 16.5. The second-order valence-electron chi connectivity index (χ2n) is 11.8. The van der Waals surface area contributed by atoms with Gasteiger partial charge < -0.3 is 19.4 Å². The van der Waals surface area contributed by atoms with Gasteiger partial charge in [0.1, 0.15) is 5.75 Å². The summed E-state index contributed by atoms with van der Waals surface area (Å²) in [6.45, 7) is 16.5. The number of rotatable bonds is 6. The van der Waals surface area contributed by atoms with Crippen molar-refractivity contribution in [1.82, 2.24) is 14.8 Å². The van der Waals surface area contributed by atoms with Gasteiger partial charge in [0.25, 0.3) is 5.91 Å². The average molecular weight is 468 g/mol. The van der Waals surface area contributed by atoms with Crippen LogP contribution in [0.5, 0.6) is 5.75 Å². The van der Waals surface area contributed by atoms with Gasteiger partial charge in [-0.25, -0.2) is 0 Å². The molecule has 34 heavy (non-hydrogen) atoms. The molecule has 2 saturated carbocycles. The second-order valence-corrected chi connectivity index (χ2v) is 11.8. The van der Waals surface area contributed by atoms with Gasteiger partial charge in [0.15, 0.2) is 0 Å². The van der Waals surface area contributed by atoms with Crippen molar-refractivity contribution in [2.45, 2.75) is 66.5 Å². The molecule has 0 radical (unpaired) electrons. The van der Waals surface area contributed by atoms with E-state index in [0.717, 1.165) is 72.9 Å². The summed E-state index contributed by atoms with van der Waals surface area (Å²) in [7, 11) is 1.72. The zero-order chi connectivity index (χ0) is 24.3. The number of nitrogens with one attached hydrogen (secondary N) is 1. The molecule has 0 spiro atoms. The van der Waals surface area contributed by atoms with Gasteiger partial charge in [-0.3, -0.25) is 9.69 Å². The van der Waals surface area contributed by atoms with E-state index in [1.165, 1.54) is 19.3 Å². The van der Waals surface area contributed by atoms with E-state index >= 15 is 0 Å². The molecule has 1 amide bonds. The lowest BCUT2D eigenvalue weighted by atomic mass is 9.68. The largest absolute Gasteiger partial charge is 0.495 e. The van der Waals surface area contributed by atoms with Crippen molar-refractivity contribution in [3.8, 4) is 5.75 Å². The van der Waals surface area contributed by atoms with Crippen molar-refractivity contribution < 1.29 is 14.3 Å². The standard InChI is InChI=1S/C28H41N3O3/c1-18-15-21-23(25(32)29-26-27(3,4)20-7-8-28(26,5)17-20)19(2)31(24(21)22(16-18)33-6)10-9-30-11-13-34-14-12-30/h15-16,20,26H,7-14,17H2,1-6H3,(H,29,32)/t20-,26?,28?/m0/s1. The number of methoxy groups -OCH3 is 1. The lowest BCUT2D eigenvalue weighted by Gasteiger charge is -2.43. The Morgan fingerprint density at radius 1 is 1.18 bits per heavy atom. The monoisotopic (exact) mass is 467 g/mol. The second kappa shape index (κ2) is 8.56. The average Bonchev–Trinajstić information content (AvgIpc) is 3.39. The lowest BCUT2D eigenvalue weighted by Crippen LogP contribution is -2.52. The first-order valence-electron chi connectivity index (χ1n) is 12.9. The molecule has 1 aliphatic heterocycles. The first kappa shape index (κ1) is 23.7. The molecule has 6 heteroatoms. The highest BCUT2D eigenvalue weighted by Crippen LogP contribution is 2.62. The Morgan fingerprint density at radius 2 is 1.91 bits per heavy atom. The van der Waals surface area contributed by atoms with Gasteiger partial charge in [0.2, 0.25) is 0 Å². The van der Waals surface area contributed by atoms with Crippen LogP contribution >= 0.6 is 0 Å². The summed E-state index contributed by atoms with van der Waals surface area (Å²) in [4.78, 5) is 16.4. The van der Waals surface area contributed by atoms with Crippen LogP contribution in [0.2, 0.25) is 0 Å². The minimum atomic E-state index is 0.0622. The topological polar surface area (TPSA) is 55.7 Å². The van der Waals surface area contributed by atoms with Crippen molar-refractivity contribution in [3.63, 3.8) is 0 Å². The molecule has 2 bridgehead atoms. The lowest BCUT2D eigenvalue weighted by molar-refractivity contribution is 0.0365. The van der Waals surface area contributed by atoms with Gasteiger partial charge in [-0.2, -0.15) is 0 Å². The summed E-state index contributed by atoms with van der Waals surface area (Å²) < 4.78 is 13.6. The number of hydrogen-bond acceptors (Lipinski definition) is 4. The van der Waals surface area contributed by atoms with Crippen LogP contribution in [0.15, 0.2) is 12.1 Å². The minimum absolute atomic E-state index is 0.0622. The summed E-state index contributed by atoms with van der Waals surface area (Å²) in [5, 5.41) is 4.55. The molecule has 1 aromatic heterocycles. The molecular weight excluding hydrogens is 426 g/mol. The number of hydrogen-bond donors (Lipinski definition) is 1. The fourth-order valence-corrected chi connectivity index (χ4v) is 7.37. The number of aromatic nitrogens is 1. The van der Waals surface area contributed by atoms with Crippen LogP contribution < -0.4 is 10.1 Å². The van der Waals surface area contributed by atoms with Crippen LogP contribution in [0, 0.1) is 30.6 Å². The summed E-state index contributed by atoms with van der Waals surface area (Å²) in [6.07, 6.45) is 3.71. The number of fused-ring (bicyclic) bond motifs is 3. The third kappa shape index (κ3) is 3.74. The summed E-state index contributed by atoms with van der Waals surface area (Å²) >= 11 is 0. The number of benzene rings is 1. The van der Waals surface area contributed by atoms with E-state index in [9.17, 15) is 4.79 Å². The third-order valence-corrected chi connectivity index (χ3v) is 9.26. The van der Waals surface area contributed by atoms with Gasteiger partial charge in [-0.1, -0.05) is 20.8 Å². The normalized spacial score (nSPS) is 28.5. The van der Waals surface area contributed by atoms with E-state index < -0.39 is 0 Å². The molecule has 1 saturated heterocycles. The highest BCUT2D eigenvalue weighted by Gasteiger charge is 2.59. The smallest absolute Gasteiger partial charge is 0.253 e. The molecule has 3 fully saturated rings. The zero-order valence-corrected chi connectivity index (χ0v) is 21.8. The maximum absolute atomic E-state index is 14.0. The molecule has 3 aliphatic rings. The van der Waals surface area contributed by atoms with Crippen LogP contribution in [0.3, 0.4) is 0 Å². The molecule has 6 nitrogen and oxygen atoms in total. The van der Waals surface area contributed by atoms with Crippen molar-refractivity contribution in [3.05, 3.63) is 29.0 Å². The maximum atomic E-state index is 14.0. The van der Waals surface area contributed by atoms with E-state index in [1.807, 2.05) is 0 Å². The van der Waals surface area contributed by atoms with E-state index in [0.29, 0.717) is 5.92 Å². The van der Waals surface area contributed by atoms with Crippen LogP contribution in [-0.4, -0.2) is 61.4 Å².